The fourth-order valence-electron chi connectivity index (χ4n) is 2.02. The number of esters is 1. The Labute approximate surface area is 123 Å². The Balaban J connectivity index is 2.28. The van der Waals surface area contributed by atoms with Crippen molar-refractivity contribution in [3.63, 3.8) is 0 Å². The lowest BCUT2D eigenvalue weighted by Crippen LogP contribution is -2.33. The minimum Gasteiger partial charge on any atom is -0.456 e. The highest BCUT2D eigenvalue weighted by Crippen LogP contribution is 2.23. The number of anilines is 1. The van der Waals surface area contributed by atoms with Crippen molar-refractivity contribution < 1.29 is 19.1 Å². The van der Waals surface area contributed by atoms with E-state index in [0.717, 1.165) is 0 Å². The number of urea groups is 1. The Morgan fingerprint density at radius 2 is 1.95 bits per heavy atom. The van der Waals surface area contributed by atoms with Crippen molar-refractivity contribution in [2.24, 2.45) is 0 Å². The van der Waals surface area contributed by atoms with E-state index in [4.69, 9.17) is 4.74 Å². The maximum Gasteiger partial charge on any atom is 0.338 e. The molecule has 0 aliphatic carbocycles. The van der Waals surface area contributed by atoms with Gasteiger partial charge < -0.3 is 4.74 Å². The highest BCUT2D eigenvalue weighted by atomic mass is 16.6. The summed E-state index contributed by atoms with van der Waals surface area (Å²) in [5.74, 6) is -0.828. The van der Waals surface area contributed by atoms with Crippen LogP contribution in [0.1, 0.15) is 38.1 Å². The molecule has 1 aromatic carbocycles. The van der Waals surface area contributed by atoms with Crippen molar-refractivity contribution in [1.29, 1.82) is 0 Å². The van der Waals surface area contributed by atoms with Crippen molar-refractivity contribution >= 4 is 23.6 Å². The molecule has 0 spiro atoms. The van der Waals surface area contributed by atoms with Crippen LogP contribution in [0.15, 0.2) is 24.3 Å². The maximum atomic E-state index is 12.0. The maximum absolute atomic E-state index is 12.0. The van der Waals surface area contributed by atoms with E-state index in [1.54, 1.807) is 52.0 Å². The topological polar surface area (TPSA) is 75.7 Å². The molecule has 1 aliphatic rings. The van der Waals surface area contributed by atoms with Gasteiger partial charge in [0.05, 0.1) is 5.56 Å². The summed E-state index contributed by atoms with van der Waals surface area (Å²) in [5.41, 5.74) is 0.220. The molecule has 6 heteroatoms. The summed E-state index contributed by atoms with van der Waals surface area (Å²) in [6.45, 7) is 6.97. The summed E-state index contributed by atoms with van der Waals surface area (Å²) < 4.78 is 5.29. The Morgan fingerprint density at radius 1 is 1.29 bits per heavy atom. The molecule has 0 aromatic heterocycles. The molecule has 112 valence electrons. The van der Waals surface area contributed by atoms with Gasteiger partial charge in [-0.2, -0.15) is 0 Å². The average Bonchev–Trinajstić information content (AvgIpc) is 2.61. The monoisotopic (exact) mass is 290 g/mol. The number of rotatable bonds is 2. The van der Waals surface area contributed by atoms with Crippen molar-refractivity contribution in [2.75, 3.05) is 4.90 Å². The first-order valence-electron chi connectivity index (χ1n) is 6.66. The average molecular weight is 290 g/mol. The number of nitrogens with one attached hydrogen (secondary N) is 1. The lowest BCUT2D eigenvalue weighted by Gasteiger charge is -2.21. The third kappa shape index (κ3) is 3.21. The molecule has 21 heavy (non-hydrogen) atoms. The van der Waals surface area contributed by atoms with Gasteiger partial charge in [0.2, 0.25) is 0 Å². The summed E-state index contributed by atoms with van der Waals surface area (Å²) in [5, 5.41) is 2.23. The lowest BCUT2D eigenvalue weighted by atomic mass is 10.1. The van der Waals surface area contributed by atoms with Crippen LogP contribution in [0.5, 0.6) is 0 Å². The number of hydrogen-bond acceptors (Lipinski definition) is 4. The summed E-state index contributed by atoms with van der Waals surface area (Å²) >= 11 is 0. The van der Waals surface area contributed by atoms with Gasteiger partial charge >= 0.3 is 12.0 Å². The standard InChI is InChI=1S/C15H18N2O4/c1-9-12(18)16-14(20)17(9)11-7-5-6-10(8-11)13(19)21-15(2,3)4/h5-9H,1-4H3,(H,16,18,20). The van der Waals surface area contributed by atoms with Crippen molar-refractivity contribution in [1.82, 2.24) is 5.32 Å². The predicted molar refractivity (Wildman–Crippen MR) is 77.1 cm³/mol. The third-order valence-corrected chi connectivity index (χ3v) is 2.97. The molecule has 1 atom stereocenters. The number of imide groups is 1. The number of amides is 3. The Kier molecular flexibility index (Phi) is 3.72. The summed E-state index contributed by atoms with van der Waals surface area (Å²) in [6.07, 6.45) is 0. The number of hydrogen-bond donors (Lipinski definition) is 1. The fourth-order valence-corrected chi connectivity index (χ4v) is 2.02. The molecular weight excluding hydrogens is 272 g/mol. The SMILES string of the molecule is CC1C(=O)NC(=O)N1c1cccc(C(=O)OC(C)(C)C)c1. The first-order chi connectivity index (χ1) is 9.69. The molecule has 1 heterocycles. The molecule has 1 aliphatic heterocycles. The van der Waals surface area contributed by atoms with Gasteiger partial charge in [0.15, 0.2) is 0 Å². The van der Waals surface area contributed by atoms with Crippen LogP contribution in [0, 0.1) is 0 Å². The second-order valence-electron chi connectivity index (χ2n) is 5.89. The van der Waals surface area contributed by atoms with Gasteiger partial charge in [-0.25, -0.2) is 9.59 Å². The highest BCUT2D eigenvalue weighted by molar-refractivity contribution is 6.14. The minimum absolute atomic E-state index is 0.335. The van der Waals surface area contributed by atoms with Crippen molar-refractivity contribution in [3.8, 4) is 0 Å². The zero-order valence-electron chi connectivity index (χ0n) is 12.5. The zero-order valence-corrected chi connectivity index (χ0v) is 12.5. The second-order valence-corrected chi connectivity index (χ2v) is 5.89. The minimum atomic E-state index is -0.605. The fraction of sp³-hybridized carbons (Fsp3) is 0.400. The smallest absolute Gasteiger partial charge is 0.338 e. The third-order valence-electron chi connectivity index (χ3n) is 2.97. The summed E-state index contributed by atoms with van der Waals surface area (Å²) in [7, 11) is 0. The zero-order chi connectivity index (χ0) is 15.8. The van der Waals surface area contributed by atoms with Crippen LogP contribution in [0.4, 0.5) is 10.5 Å². The quantitative estimate of drug-likeness (QED) is 0.668. The number of carbonyl (C=O) groups excluding carboxylic acids is 3. The first kappa shape index (κ1) is 15.0. The van der Waals surface area contributed by atoms with E-state index >= 15 is 0 Å². The molecule has 1 aromatic rings. The Morgan fingerprint density at radius 3 is 2.48 bits per heavy atom. The van der Waals surface area contributed by atoms with E-state index in [1.165, 1.54) is 4.90 Å². The van der Waals surface area contributed by atoms with Crippen LogP contribution in [0.3, 0.4) is 0 Å². The van der Waals surface area contributed by atoms with E-state index in [0.29, 0.717) is 11.3 Å². The van der Waals surface area contributed by atoms with Gasteiger partial charge in [0.25, 0.3) is 5.91 Å². The number of carbonyl (C=O) groups is 3. The van der Waals surface area contributed by atoms with E-state index in [1.807, 2.05) is 0 Å². The number of ether oxygens (including phenoxy) is 1. The van der Waals surface area contributed by atoms with Gasteiger partial charge in [-0.05, 0) is 45.9 Å². The number of nitrogens with zero attached hydrogens (tertiary/aromatic N) is 1. The molecule has 1 fully saturated rings. The molecule has 6 nitrogen and oxygen atoms in total. The van der Waals surface area contributed by atoms with Crippen LogP contribution in [0.25, 0.3) is 0 Å². The van der Waals surface area contributed by atoms with E-state index in [9.17, 15) is 14.4 Å². The molecular formula is C15H18N2O4. The van der Waals surface area contributed by atoms with Crippen LogP contribution in [0.2, 0.25) is 0 Å². The van der Waals surface area contributed by atoms with Crippen LogP contribution >= 0.6 is 0 Å². The van der Waals surface area contributed by atoms with Crippen LogP contribution in [-0.2, 0) is 9.53 Å². The van der Waals surface area contributed by atoms with Crippen molar-refractivity contribution in [3.05, 3.63) is 29.8 Å². The Hall–Kier alpha value is -2.37. The van der Waals surface area contributed by atoms with Gasteiger partial charge in [0, 0.05) is 5.69 Å². The molecule has 0 radical (unpaired) electrons. The predicted octanol–water partition coefficient (Wildman–Crippen LogP) is 2.09. The lowest BCUT2D eigenvalue weighted by molar-refractivity contribution is -0.119. The molecule has 2 rings (SSSR count). The summed E-state index contributed by atoms with van der Waals surface area (Å²) in [4.78, 5) is 36.7. The molecule has 1 saturated heterocycles. The van der Waals surface area contributed by atoms with Crippen LogP contribution in [-0.4, -0.2) is 29.6 Å². The normalized spacial score (nSPS) is 18.7. The van der Waals surface area contributed by atoms with Gasteiger partial charge in [-0.1, -0.05) is 6.07 Å². The van der Waals surface area contributed by atoms with Gasteiger partial charge in [0.1, 0.15) is 11.6 Å². The van der Waals surface area contributed by atoms with Gasteiger partial charge in [-0.15, -0.1) is 0 Å². The second kappa shape index (κ2) is 5.20. The van der Waals surface area contributed by atoms with Crippen LogP contribution < -0.4 is 10.2 Å². The summed E-state index contributed by atoms with van der Waals surface area (Å²) in [6, 6.07) is 5.38. The molecule has 3 amide bonds. The molecule has 1 unspecified atom stereocenters. The molecule has 1 N–H and O–H groups in total. The first-order valence-corrected chi connectivity index (χ1v) is 6.66. The molecule has 0 bridgehead atoms. The molecule has 0 saturated carbocycles. The largest absolute Gasteiger partial charge is 0.456 e. The Bertz CT molecular complexity index is 604. The van der Waals surface area contributed by atoms with E-state index in [-0.39, 0.29) is 5.91 Å². The highest BCUT2D eigenvalue weighted by Gasteiger charge is 2.36. The van der Waals surface area contributed by atoms with Gasteiger partial charge in [-0.3, -0.25) is 15.0 Å². The number of benzene rings is 1. The van der Waals surface area contributed by atoms with E-state index in [2.05, 4.69) is 5.32 Å². The van der Waals surface area contributed by atoms with Crippen molar-refractivity contribution in [2.45, 2.75) is 39.3 Å². The van der Waals surface area contributed by atoms with E-state index < -0.39 is 23.6 Å².